The third-order valence-electron chi connectivity index (χ3n) is 6.04. The zero-order valence-electron chi connectivity index (χ0n) is 19.8. The molecule has 1 aliphatic heterocycles. The van der Waals surface area contributed by atoms with Crippen LogP contribution in [0.1, 0.15) is 37.0 Å². The molecule has 33 heavy (non-hydrogen) atoms. The predicted molar refractivity (Wildman–Crippen MR) is 125 cm³/mol. The summed E-state index contributed by atoms with van der Waals surface area (Å²) in [5, 5.41) is 20.5. The number of nitriles is 1. The molecule has 0 aliphatic carbocycles. The third kappa shape index (κ3) is 6.26. The molecule has 1 amide bonds. The average Bonchev–Trinajstić information content (AvgIpc) is 3.37. The average molecular weight is 450 g/mol. The summed E-state index contributed by atoms with van der Waals surface area (Å²) in [6, 6.07) is 6.16. The topological polar surface area (TPSA) is 100 Å². The molecular weight excluding hydrogens is 418 g/mol. The molecule has 1 aromatic heterocycles. The van der Waals surface area contributed by atoms with Crippen molar-refractivity contribution in [3.8, 4) is 11.8 Å². The number of hydrogen-bond donors (Lipinski definition) is 0. The van der Waals surface area contributed by atoms with Crippen LogP contribution in [0.3, 0.4) is 0 Å². The SMILES string of the molecule is COc1ccc(CCN2CCN(C(=O)CC(C)=CC=C(C)n3cnnn3)CC2)c(C)c1C#N. The summed E-state index contributed by atoms with van der Waals surface area (Å²) in [5.41, 5.74) is 4.64. The highest BCUT2D eigenvalue weighted by Gasteiger charge is 2.21. The fourth-order valence-corrected chi connectivity index (χ4v) is 3.88. The Labute approximate surface area is 194 Å². The van der Waals surface area contributed by atoms with Gasteiger partial charge in [-0.3, -0.25) is 9.69 Å². The number of tetrazole rings is 1. The van der Waals surface area contributed by atoms with Gasteiger partial charge in [0.15, 0.2) is 0 Å². The van der Waals surface area contributed by atoms with Crippen LogP contribution >= 0.6 is 0 Å². The zero-order chi connectivity index (χ0) is 23.8. The number of carbonyl (C=O) groups excluding carboxylic acids is 1. The number of hydrogen-bond acceptors (Lipinski definition) is 7. The van der Waals surface area contributed by atoms with Gasteiger partial charge >= 0.3 is 0 Å². The van der Waals surface area contributed by atoms with Crippen LogP contribution in [-0.4, -0.2) is 75.7 Å². The third-order valence-corrected chi connectivity index (χ3v) is 6.04. The molecule has 1 aromatic carbocycles. The van der Waals surface area contributed by atoms with Gasteiger partial charge in [-0.25, -0.2) is 4.68 Å². The van der Waals surface area contributed by atoms with Crippen LogP contribution in [0.2, 0.25) is 0 Å². The largest absolute Gasteiger partial charge is 0.495 e. The molecule has 0 saturated carbocycles. The molecule has 3 rings (SSSR count). The lowest BCUT2D eigenvalue weighted by atomic mass is 9.99. The Bertz CT molecular complexity index is 1060. The fourth-order valence-electron chi connectivity index (χ4n) is 3.88. The lowest BCUT2D eigenvalue weighted by Gasteiger charge is -2.35. The minimum absolute atomic E-state index is 0.154. The number of methoxy groups -OCH3 is 1. The number of aromatic nitrogens is 4. The molecule has 2 heterocycles. The normalized spacial score (nSPS) is 15.4. The van der Waals surface area contributed by atoms with Gasteiger partial charge in [0.25, 0.3) is 0 Å². The summed E-state index contributed by atoms with van der Waals surface area (Å²) in [4.78, 5) is 17.0. The summed E-state index contributed by atoms with van der Waals surface area (Å²) in [7, 11) is 1.59. The number of benzene rings is 1. The molecule has 0 bridgehead atoms. The quantitative estimate of drug-likeness (QED) is 0.571. The minimum atomic E-state index is 0.154. The van der Waals surface area contributed by atoms with Crippen LogP contribution in [0.4, 0.5) is 0 Å². The zero-order valence-corrected chi connectivity index (χ0v) is 19.8. The maximum Gasteiger partial charge on any atom is 0.226 e. The van der Waals surface area contributed by atoms with E-state index in [1.165, 1.54) is 6.33 Å². The molecule has 1 saturated heterocycles. The number of piperazine rings is 1. The van der Waals surface area contributed by atoms with Crippen LogP contribution in [-0.2, 0) is 11.2 Å². The molecule has 1 fully saturated rings. The van der Waals surface area contributed by atoms with Gasteiger partial charge in [0.2, 0.25) is 5.91 Å². The number of ether oxygens (including phenoxy) is 1. The second kappa shape index (κ2) is 11.4. The van der Waals surface area contributed by atoms with E-state index in [-0.39, 0.29) is 5.91 Å². The van der Waals surface area contributed by atoms with Crippen molar-refractivity contribution in [3.05, 3.63) is 52.9 Å². The Morgan fingerprint density at radius 3 is 2.61 bits per heavy atom. The van der Waals surface area contributed by atoms with Gasteiger partial charge < -0.3 is 9.64 Å². The number of allylic oxidation sites excluding steroid dienone is 3. The van der Waals surface area contributed by atoms with Crippen LogP contribution in [0, 0.1) is 18.3 Å². The molecule has 0 N–H and O–H groups in total. The van der Waals surface area contributed by atoms with Gasteiger partial charge in [0.05, 0.1) is 12.7 Å². The smallest absolute Gasteiger partial charge is 0.226 e. The fraction of sp³-hybridized carbons (Fsp3) is 0.458. The molecule has 1 aliphatic rings. The van der Waals surface area contributed by atoms with E-state index in [1.807, 2.05) is 50.0 Å². The van der Waals surface area contributed by atoms with E-state index in [0.29, 0.717) is 17.7 Å². The Hall–Kier alpha value is -3.51. The summed E-state index contributed by atoms with van der Waals surface area (Å²) in [6.07, 6.45) is 6.67. The Kier molecular flexibility index (Phi) is 8.33. The summed E-state index contributed by atoms with van der Waals surface area (Å²) < 4.78 is 6.87. The highest BCUT2D eigenvalue weighted by atomic mass is 16.5. The standard InChI is InChI=1S/C24H31N7O2/c1-18(5-6-19(2)31-17-26-27-28-31)15-24(32)30-13-11-29(12-14-30)10-9-21-7-8-23(33-4)22(16-25)20(21)3/h5-8,17H,9-15H2,1-4H3. The maximum atomic E-state index is 12.7. The van der Waals surface area contributed by atoms with Gasteiger partial charge in [-0.15, -0.1) is 5.10 Å². The van der Waals surface area contributed by atoms with Crippen molar-refractivity contribution in [3.63, 3.8) is 0 Å². The monoisotopic (exact) mass is 449 g/mol. The number of nitrogens with zero attached hydrogens (tertiary/aromatic N) is 7. The van der Waals surface area contributed by atoms with E-state index in [2.05, 4.69) is 26.5 Å². The van der Waals surface area contributed by atoms with Crippen molar-refractivity contribution in [1.29, 1.82) is 5.26 Å². The van der Waals surface area contributed by atoms with Crippen molar-refractivity contribution in [2.24, 2.45) is 0 Å². The van der Waals surface area contributed by atoms with Crippen LogP contribution in [0.5, 0.6) is 5.75 Å². The maximum absolute atomic E-state index is 12.7. The molecule has 9 heteroatoms. The lowest BCUT2D eigenvalue weighted by Crippen LogP contribution is -2.49. The van der Waals surface area contributed by atoms with Crippen molar-refractivity contribution < 1.29 is 9.53 Å². The first-order valence-corrected chi connectivity index (χ1v) is 11.1. The molecule has 0 unspecified atom stereocenters. The number of amides is 1. The molecule has 0 spiro atoms. The second-order valence-corrected chi connectivity index (χ2v) is 8.26. The summed E-state index contributed by atoms with van der Waals surface area (Å²) in [6.45, 7) is 9.93. The van der Waals surface area contributed by atoms with Crippen molar-refractivity contribution in [2.75, 3.05) is 39.8 Å². The summed E-state index contributed by atoms with van der Waals surface area (Å²) in [5.74, 6) is 0.776. The molecule has 0 atom stereocenters. The van der Waals surface area contributed by atoms with Crippen molar-refractivity contribution in [2.45, 2.75) is 33.6 Å². The Morgan fingerprint density at radius 2 is 1.97 bits per heavy atom. The van der Waals surface area contributed by atoms with Crippen molar-refractivity contribution in [1.82, 2.24) is 30.0 Å². The first-order valence-electron chi connectivity index (χ1n) is 11.1. The van der Waals surface area contributed by atoms with E-state index in [1.54, 1.807) is 11.8 Å². The van der Waals surface area contributed by atoms with Crippen molar-refractivity contribution >= 4 is 11.6 Å². The van der Waals surface area contributed by atoms with Gasteiger partial charge in [-0.2, -0.15) is 5.26 Å². The Balaban J connectivity index is 1.47. The lowest BCUT2D eigenvalue weighted by molar-refractivity contribution is -0.132. The first kappa shape index (κ1) is 24.1. The Morgan fingerprint density at radius 1 is 1.21 bits per heavy atom. The second-order valence-electron chi connectivity index (χ2n) is 8.26. The minimum Gasteiger partial charge on any atom is -0.495 e. The molecule has 2 aromatic rings. The van der Waals surface area contributed by atoms with Gasteiger partial charge in [-0.1, -0.05) is 17.7 Å². The summed E-state index contributed by atoms with van der Waals surface area (Å²) >= 11 is 0. The first-order chi connectivity index (χ1) is 15.9. The van der Waals surface area contributed by atoms with Gasteiger partial charge in [0, 0.05) is 44.8 Å². The van der Waals surface area contributed by atoms with E-state index in [9.17, 15) is 10.1 Å². The van der Waals surface area contributed by atoms with E-state index in [0.717, 1.165) is 61.5 Å². The van der Waals surface area contributed by atoms with E-state index >= 15 is 0 Å². The predicted octanol–water partition coefficient (Wildman–Crippen LogP) is 2.45. The van der Waals surface area contributed by atoms with Gasteiger partial charge in [0.1, 0.15) is 18.1 Å². The number of rotatable bonds is 8. The van der Waals surface area contributed by atoms with Gasteiger partial charge in [-0.05, 0) is 60.9 Å². The van der Waals surface area contributed by atoms with Crippen LogP contribution < -0.4 is 4.74 Å². The molecule has 0 radical (unpaired) electrons. The van der Waals surface area contributed by atoms with Crippen LogP contribution in [0.15, 0.2) is 36.2 Å². The highest BCUT2D eigenvalue weighted by molar-refractivity contribution is 5.78. The van der Waals surface area contributed by atoms with Crippen LogP contribution in [0.25, 0.3) is 5.70 Å². The molecular formula is C24H31N7O2. The molecule has 174 valence electrons. The number of carbonyl (C=O) groups is 1. The highest BCUT2D eigenvalue weighted by Crippen LogP contribution is 2.24. The van der Waals surface area contributed by atoms with E-state index < -0.39 is 0 Å². The van der Waals surface area contributed by atoms with E-state index in [4.69, 9.17) is 4.74 Å². The molecule has 9 nitrogen and oxygen atoms in total.